The Hall–Kier alpha value is -1.10. The third-order valence-corrected chi connectivity index (χ3v) is 3.26. The average molecular weight is 299 g/mol. The van der Waals surface area contributed by atoms with E-state index < -0.39 is 6.10 Å². The van der Waals surface area contributed by atoms with Gasteiger partial charge < -0.3 is 15.4 Å². The zero-order chi connectivity index (χ0) is 13.5. The number of rotatable bonds is 6. The standard InChI is InChI=1S/C15H22N2O2.ClH/c1-2-8-16-9-10-17-15(18)14-13-6-4-3-5-12(13)7-11-19-14;/h3-6,14,16H,2,7-11H2,1H3,(H,17,18);1H. The number of fused-ring (bicyclic) bond motifs is 1. The molecule has 1 aromatic carbocycles. The minimum Gasteiger partial charge on any atom is -0.363 e. The molecule has 4 nitrogen and oxygen atoms in total. The highest BCUT2D eigenvalue weighted by Gasteiger charge is 2.26. The van der Waals surface area contributed by atoms with E-state index in [-0.39, 0.29) is 18.3 Å². The summed E-state index contributed by atoms with van der Waals surface area (Å²) in [7, 11) is 0. The van der Waals surface area contributed by atoms with E-state index in [2.05, 4.69) is 23.6 Å². The minimum atomic E-state index is -0.448. The number of benzene rings is 1. The average Bonchev–Trinajstić information content (AvgIpc) is 2.46. The number of amides is 1. The lowest BCUT2D eigenvalue weighted by Crippen LogP contribution is -2.37. The van der Waals surface area contributed by atoms with Gasteiger partial charge in [0.2, 0.25) is 0 Å². The molecule has 0 bridgehead atoms. The van der Waals surface area contributed by atoms with Crippen molar-refractivity contribution >= 4 is 18.3 Å². The molecule has 1 amide bonds. The second-order valence-corrected chi connectivity index (χ2v) is 4.74. The summed E-state index contributed by atoms with van der Waals surface area (Å²) in [5.74, 6) is -0.0366. The summed E-state index contributed by atoms with van der Waals surface area (Å²) in [5.41, 5.74) is 2.23. The van der Waals surface area contributed by atoms with Gasteiger partial charge in [-0.2, -0.15) is 0 Å². The summed E-state index contributed by atoms with van der Waals surface area (Å²) in [6.07, 6.45) is 1.54. The summed E-state index contributed by atoms with van der Waals surface area (Å²) < 4.78 is 5.61. The summed E-state index contributed by atoms with van der Waals surface area (Å²) >= 11 is 0. The number of carbonyl (C=O) groups excluding carboxylic acids is 1. The molecule has 1 aromatic rings. The van der Waals surface area contributed by atoms with Crippen LogP contribution in [-0.2, 0) is 16.0 Å². The van der Waals surface area contributed by atoms with Crippen molar-refractivity contribution in [1.82, 2.24) is 10.6 Å². The van der Waals surface area contributed by atoms with Crippen LogP contribution in [0.1, 0.15) is 30.6 Å². The fraction of sp³-hybridized carbons (Fsp3) is 0.533. The van der Waals surface area contributed by atoms with E-state index in [0.29, 0.717) is 13.2 Å². The van der Waals surface area contributed by atoms with Crippen LogP contribution in [0.15, 0.2) is 24.3 Å². The van der Waals surface area contributed by atoms with Gasteiger partial charge in [-0.15, -0.1) is 12.4 Å². The van der Waals surface area contributed by atoms with Crippen LogP contribution in [0.4, 0.5) is 0 Å². The maximum absolute atomic E-state index is 12.1. The van der Waals surface area contributed by atoms with Gasteiger partial charge in [0.15, 0.2) is 6.10 Å². The van der Waals surface area contributed by atoms with E-state index in [1.165, 1.54) is 5.56 Å². The molecule has 1 atom stereocenters. The van der Waals surface area contributed by atoms with Crippen molar-refractivity contribution in [3.8, 4) is 0 Å². The molecule has 0 saturated carbocycles. The predicted octanol–water partition coefficient (Wildman–Crippen LogP) is 1.84. The van der Waals surface area contributed by atoms with Gasteiger partial charge in [-0.25, -0.2) is 0 Å². The van der Waals surface area contributed by atoms with E-state index in [1.54, 1.807) is 0 Å². The first-order valence-corrected chi connectivity index (χ1v) is 7.00. The van der Waals surface area contributed by atoms with Crippen molar-refractivity contribution < 1.29 is 9.53 Å². The van der Waals surface area contributed by atoms with E-state index in [4.69, 9.17) is 4.74 Å². The summed E-state index contributed by atoms with van der Waals surface area (Å²) in [6.45, 7) is 5.16. The van der Waals surface area contributed by atoms with Crippen LogP contribution in [0, 0.1) is 0 Å². The molecule has 5 heteroatoms. The lowest BCUT2D eigenvalue weighted by Gasteiger charge is -2.25. The molecule has 2 N–H and O–H groups in total. The van der Waals surface area contributed by atoms with E-state index >= 15 is 0 Å². The van der Waals surface area contributed by atoms with Gasteiger partial charge >= 0.3 is 0 Å². The van der Waals surface area contributed by atoms with Gasteiger partial charge in [0.05, 0.1) is 6.61 Å². The smallest absolute Gasteiger partial charge is 0.253 e. The molecule has 0 radical (unpaired) electrons. The summed E-state index contributed by atoms with van der Waals surface area (Å²) in [5, 5.41) is 6.18. The Labute approximate surface area is 126 Å². The van der Waals surface area contributed by atoms with Gasteiger partial charge in [0.25, 0.3) is 5.91 Å². The molecule has 2 rings (SSSR count). The quantitative estimate of drug-likeness (QED) is 0.788. The Morgan fingerprint density at radius 3 is 2.90 bits per heavy atom. The Kier molecular flexibility index (Phi) is 7.59. The van der Waals surface area contributed by atoms with E-state index in [9.17, 15) is 4.79 Å². The fourth-order valence-corrected chi connectivity index (χ4v) is 2.28. The second-order valence-electron chi connectivity index (χ2n) is 4.74. The minimum absolute atomic E-state index is 0. The van der Waals surface area contributed by atoms with Crippen molar-refractivity contribution in [3.63, 3.8) is 0 Å². The molecule has 0 fully saturated rings. The molecule has 0 spiro atoms. The van der Waals surface area contributed by atoms with Crippen molar-refractivity contribution in [1.29, 1.82) is 0 Å². The monoisotopic (exact) mass is 298 g/mol. The Bertz CT molecular complexity index is 426. The summed E-state index contributed by atoms with van der Waals surface area (Å²) in [4.78, 5) is 12.1. The van der Waals surface area contributed by atoms with Crippen LogP contribution >= 0.6 is 12.4 Å². The maximum Gasteiger partial charge on any atom is 0.253 e. The summed E-state index contributed by atoms with van der Waals surface area (Å²) in [6, 6.07) is 8.01. The van der Waals surface area contributed by atoms with Crippen molar-refractivity contribution in [3.05, 3.63) is 35.4 Å². The zero-order valence-electron chi connectivity index (χ0n) is 11.9. The molecule has 0 saturated heterocycles. The molecular formula is C15H23ClN2O2. The predicted molar refractivity (Wildman–Crippen MR) is 82.3 cm³/mol. The normalized spacial score (nSPS) is 16.9. The Balaban J connectivity index is 0.00000200. The molecule has 1 aliphatic heterocycles. The first kappa shape index (κ1) is 17.0. The largest absolute Gasteiger partial charge is 0.363 e. The molecule has 1 aliphatic rings. The number of carbonyl (C=O) groups is 1. The molecule has 20 heavy (non-hydrogen) atoms. The highest BCUT2D eigenvalue weighted by Crippen LogP contribution is 2.26. The van der Waals surface area contributed by atoms with Gasteiger partial charge in [-0.1, -0.05) is 31.2 Å². The van der Waals surface area contributed by atoms with Crippen LogP contribution in [0.5, 0.6) is 0 Å². The van der Waals surface area contributed by atoms with Crippen molar-refractivity contribution in [2.75, 3.05) is 26.2 Å². The first-order valence-electron chi connectivity index (χ1n) is 7.00. The Morgan fingerprint density at radius 1 is 1.30 bits per heavy atom. The SMILES string of the molecule is CCCNCCNC(=O)C1OCCc2ccccc21.Cl. The number of ether oxygens (including phenoxy) is 1. The van der Waals surface area contributed by atoms with Crippen LogP contribution in [-0.4, -0.2) is 32.1 Å². The van der Waals surface area contributed by atoms with Crippen LogP contribution in [0.3, 0.4) is 0 Å². The molecule has 0 aromatic heterocycles. The second kappa shape index (κ2) is 8.95. The fourth-order valence-electron chi connectivity index (χ4n) is 2.28. The maximum atomic E-state index is 12.1. The third kappa shape index (κ3) is 4.47. The molecule has 1 heterocycles. The van der Waals surface area contributed by atoms with Crippen LogP contribution < -0.4 is 10.6 Å². The van der Waals surface area contributed by atoms with E-state index in [1.807, 2.05) is 18.2 Å². The lowest BCUT2D eigenvalue weighted by molar-refractivity contribution is -0.134. The number of nitrogens with one attached hydrogen (secondary N) is 2. The Morgan fingerprint density at radius 2 is 2.10 bits per heavy atom. The molecule has 1 unspecified atom stereocenters. The van der Waals surface area contributed by atoms with Crippen LogP contribution in [0.25, 0.3) is 0 Å². The number of halogens is 1. The molecule has 112 valence electrons. The highest BCUT2D eigenvalue weighted by atomic mass is 35.5. The van der Waals surface area contributed by atoms with Gasteiger partial charge in [-0.05, 0) is 30.5 Å². The first-order chi connectivity index (χ1) is 9.33. The zero-order valence-corrected chi connectivity index (χ0v) is 12.7. The third-order valence-electron chi connectivity index (χ3n) is 3.26. The van der Waals surface area contributed by atoms with E-state index in [0.717, 1.165) is 31.5 Å². The van der Waals surface area contributed by atoms with Crippen molar-refractivity contribution in [2.24, 2.45) is 0 Å². The van der Waals surface area contributed by atoms with Gasteiger partial charge in [0.1, 0.15) is 0 Å². The lowest BCUT2D eigenvalue weighted by atomic mass is 9.97. The van der Waals surface area contributed by atoms with Crippen LogP contribution in [0.2, 0.25) is 0 Å². The van der Waals surface area contributed by atoms with Gasteiger partial charge in [-0.3, -0.25) is 4.79 Å². The number of hydrogen-bond donors (Lipinski definition) is 2. The van der Waals surface area contributed by atoms with Crippen molar-refractivity contribution in [2.45, 2.75) is 25.9 Å². The number of hydrogen-bond acceptors (Lipinski definition) is 3. The highest BCUT2D eigenvalue weighted by molar-refractivity contribution is 5.85. The topological polar surface area (TPSA) is 50.4 Å². The molecular weight excluding hydrogens is 276 g/mol. The van der Waals surface area contributed by atoms with Gasteiger partial charge in [0, 0.05) is 13.1 Å². The molecule has 0 aliphatic carbocycles.